The van der Waals surface area contributed by atoms with Crippen LogP contribution in [0.1, 0.15) is 85.0 Å². The highest BCUT2D eigenvalue weighted by atomic mass is 14.3. The van der Waals surface area contributed by atoms with E-state index in [1.807, 2.05) is 0 Å². The van der Waals surface area contributed by atoms with Crippen molar-refractivity contribution in [2.75, 3.05) is 0 Å². The summed E-state index contributed by atoms with van der Waals surface area (Å²) < 4.78 is 0. The van der Waals surface area contributed by atoms with E-state index < -0.39 is 0 Å². The van der Waals surface area contributed by atoms with Gasteiger partial charge in [0.1, 0.15) is 0 Å². The molecule has 0 saturated heterocycles. The van der Waals surface area contributed by atoms with Crippen molar-refractivity contribution in [3.8, 4) is 0 Å². The van der Waals surface area contributed by atoms with Crippen LogP contribution in [0.3, 0.4) is 0 Å². The zero-order chi connectivity index (χ0) is 11.8. The Morgan fingerprint density at radius 1 is 0.812 bits per heavy atom. The average Bonchev–Trinajstić information content (AvgIpc) is 2.34. The van der Waals surface area contributed by atoms with Gasteiger partial charge in [-0.15, -0.1) is 0 Å². The van der Waals surface area contributed by atoms with Gasteiger partial charge in [0.15, 0.2) is 0 Å². The second kappa shape index (κ2) is 8.14. The second-order valence-electron chi connectivity index (χ2n) is 5.87. The van der Waals surface area contributed by atoms with E-state index in [-0.39, 0.29) is 0 Å². The van der Waals surface area contributed by atoms with Crippen molar-refractivity contribution in [3.63, 3.8) is 0 Å². The summed E-state index contributed by atoms with van der Waals surface area (Å²) in [6.07, 6.45) is 14.7. The zero-order valence-electron chi connectivity index (χ0n) is 11.8. The minimum Gasteiger partial charge on any atom is -0.0654 e. The van der Waals surface area contributed by atoms with Crippen LogP contribution in [0.5, 0.6) is 0 Å². The first-order valence-electron chi connectivity index (χ1n) is 7.81. The lowest BCUT2D eigenvalue weighted by Gasteiger charge is -2.35. The van der Waals surface area contributed by atoms with Gasteiger partial charge in [-0.1, -0.05) is 72.1 Å². The number of hydrogen-bond acceptors (Lipinski definition) is 0. The van der Waals surface area contributed by atoms with Gasteiger partial charge in [0.25, 0.3) is 0 Å². The van der Waals surface area contributed by atoms with Crippen LogP contribution in [-0.2, 0) is 0 Å². The van der Waals surface area contributed by atoms with Gasteiger partial charge in [-0.25, -0.2) is 0 Å². The lowest BCUT2D eigenvalue weighted by Crippen LogP contribution is -2.24. The van der Waals surface area contributed by atoms with Crippen molar-refractivity contribution in [2.24, 2.45) is 17.8 Å². The first-order chi connectivity index (χ1) is 7.81. The van der Waals surface area contributed by atoms with Gasteiger partial charge in [0.05, 0.1) is 0 Å². The molecular weight excluding hydrogens is 192 g/mol. The fraction of sp³-hybridized carbons (Fsp3) is 1.00. The summed E-state index contributed by atoms with van der Waals surface area (Å²) in [7, 11) is 0. The first kappa shape index (κ1) is 14.1. The quantitative estimate of drug-likeness (QED) is 0.479. The van der Waals surface area contributed by atoms with Crippen molar-refractivity contribution in [3.05, 3.63) is 0 Å². The molecule has 3 atom stereocenters. The average molecular weight is 224 g/mol. The fourth-order valence-corrected chi connectivity index (χ4v) is 3.52. The van der Waals surface area contributed by atoms with Gasteiger partial charge < -0.3 is 0 Å². The molecule has 0 spiro atoms. The van der Waals surface area contributed by atoms with Crippen molar-refractivity contribution >= 4 is 0 Å². The standard InChI is InChI=1S/C16H32/c1-4-7-8-9-10-16-13-14(5-2)11-12-15(16)6-3/h14-16H,4-13H2,1-3H3. The Bertz CT molecular complexity index is 161. The summed E-state index contributed by atoms with van der Waals surface area (Å²) in [6, 6.07) is 0. The molecule has 0 N–H and O–H groups in total. The summed E-state index contributed by atoms with van der Waals surface area (Å²) in [5.74, 6) is 3.18. The van der Waals surface area contributed by atoms with E-state index in [1.54, 1.807) is 6.42 Å². The highest BCUT2D eigenvalue weighted by Gasteiger charge is 2.27. The molecule has 0 aromatic rings. The SMILES string of the molecule is CCCCCCC1CC(CC)CCC1CC. The molecule has 0 heteroatoms. The molecule has 1 fully saturated rings. The molecule has 0 bridgehead atoms. The van der Waals surface area contributed by atoms with Crippen LogP contribution in [-0.4, -0.2) is 0 Å². The van der Waals surface area contributed by atoms with Crippen molar-refractivity contribution < 1.29 is 0 Å². The lowest BCUT2D eigenvalue weighted by molar-refractivity contribution is 0.159. The van der Waals surface area contributed by atoms with Gasteiger partial charge in [-0.3, -0.25) is 0 Å². The summed E-state index contributed by atoms with van der Waals surface area (Å²) in [5.41, 5.74) is 0. The van der Waals surface area contributed by atoms with Gasteiger partial charge in [-0.2, -0.15) is 0 Å². The molecule has 0 heterocycles. The second-order valence-corrected chi connectivity index (χ2v) is 5.87. The van der Waals surface area contributed by atoms with Gasteiger partial charge in [0, 0.05) is 0 Å². The Balaban J connectivity index is 2.27. The fourth-order valence-electron chi connectivity index (χ4n) is 3.52. The van der Waals surface area contributed by atoms with Crippen LogP contribution in [0.4, 0.5) is 0 Å². The van der Waals surface area contributed by atoms with E-state index in [0.717, 1.165) is 17.8 Å². The maximum Gasteiger partial charge on any atom is -0.0383 e. The molecular formula is C16H32. The molecule has 96 valence electrons. The van der Waals surface area contributed by atoms with E-state index in [4.69, 9.17) is 0 Å². The molecule has 0 nitrogen and oxygen atoms in total. The maximum atomic E-state index is 2.40. The molecule has 1 rings (SSSR count). The first-order valence-corrected chi connectivity index (χ1v) is 7.81. The van der Waals surface area contributed by atoms with Crippen molar-refractivity contribution in [1.82, 2.24) is 0 Å². The Morgan fingerprint density at radius 3 is 2.25 bits per heavy atom. The molecule has 0 aliphatic heterocycles. The van der Waals surface area contributed by atoms with E-state index in [1.165, 1.54) is 57.8 Å². The molecule has 0 aromatic carbocycles. The van der Waals surface area contributed by atoms with Gasteiger partial charge in [-0.05, 0) is 30.6 Å². The molecule has 0 amide bonds. The van der Waals surface area contributed by atoms with E-state index in [2.05, 4.69) is 20.8 Å². The van der Waals surface area contributed by atoms with Crippen LogP contribution < -0.4 is 0 Å². The molecule has 3 unspecified atom stereocenters. The van der Waals surface area contributed by atoms with Crippen LogP contribution in [0.15, 0.2) is 0 Å². The maximum absolute atomic E-state index is 2.40. The minimum absolute atomic E-state index is 1.05. The van der Waals surface area contributed by atoms with E-state index in [9.17, 15) is 0 Å². The Morgan fingerprint density at radius 2 is 1.62 bits per heavy atom. The predicted molar refractivity (Wildman–Crippen MR) is 73.7 cm³/mol. The largest absolute Gasteiger partial charge is 0.0654 e. The molecule has 16 heavy (non-hydrogen) atoms. The number of unbranched alkanes of at least 4 members (excludes halogenated alkanes) is 3. The van der Waals surface area contributed by atoms with Gasteiger partial charge >= 0.3 is 0 Å². The molecule has 1 aliphatic rings. The van der Waals surface area contributed by atoms with Gasteiger partial charge in [0.2, 0.25) is 0 Å². The summed E-state index contributed by atoms with van der Waals surface area (Å²) >= 11 is 0. The third kappa shape index (κ3) is 4.47. The predicted octanol–water partition coefficient (Wildman–Crippen LogP) is 5.81. The number of hydrogen-bond donors (Lipinski definition) is 0. The van der Waals surface area contributed by atoms with E-state index in [0.29, 0.717) is 0 Å². The Hall–Kier alpha value is 0. The smallest absolute Gasteiger partial charge is 0.0383 e. The Kier molecular flexibility index (Phi) is 7.16. The zero-order valence-corrected chi connectivity index (χ0v) is 11.8. The normalized spacial score (nSPS) is 30.6. The summed E-state index contributed by atoms with van der Waals surface area (Å²) in [5, 5.41) is 0. The van der Waals surface area contributed by atoms with Crippen LogP contribution in [0, 0.1) is 17.8 Å². The Labute approximate surface area is 103 Å². The molecule has 1 saturated carbocycles. The summed E-state index contributed by atoms with van der Waals surface area (Å²) in [4.78, 5) is 0. The number of rotatable bonds is 7. The topological polar surface area (TPSA) is 0 Å². The van der Waals surface area contributed by atoms with Crippen molar-refractivity contribution in [1.29, 1.82) is 0 Å². The third-order valence-corrected chi connectivity index (χ3v) is 4.78. The molecule has 0 aromatic heterocycles. The highest BCUT2D eigenvalue weighted by Crippen LogP contribution is 2.39. The lowest BCUT2D eigenvalue weighted by atomic mass is 9.70. The minimum atomic E-state index is 1.05. The third-order valence-electron chi connectivity index (χ3n) is 4.78. The highest BCUT2D eigenvalue weighted by molar-refractivity contribution is 4.79. The summed E-state index contributed by atoms with van der Waals surface area (Å²) in [6.45, 7) is 7.09. The molecule has 1 aliphatic carbocycles. The van der Waals surface area contributed by atoms with Crippen LogP contribution in [0.25, 0.3) is 0 Å². The van der Waals surface area contributed by atoms with Crippen LogP contribution in [0.2, 0.25) is 0 Å². The van der Waals surface area contributed by atoms with Crippen LogP contribution >= 0.6 is 0 Å². The molecule has 0 radical (unpaired) electrons. The van der Waals surface area contributed by atoms with Crippen molar-refractivity contribution in [2.45, 2.75) is 85.0 Å². The monoisotopic (exact) mass is 224 g/mol. The van der Waals surface area contributed by atoms with E-state index >= 15 is 0 Å².